The zero-order valence-corrected chi connectivity index (χ0v) is 11.9. The van der Waals surface area contributed by atoms with Crippen molar-refractivity contribution in [2.45, 2.75) is 6.92 Å². The third-order valence-electron chi connectivity index (χ3n) is 2.41. The molecule has 0 unspecified atom stereocenters. The number of ether oxygens (including phenoxy) is 2. The van der Waals surface area contributed by atoms with Gasteiger partial charge in [0.05, 0.1) is 13.2 Å². The van der Waals surface area contributed by atoms with Crippen LogP contribution >= 0.6 is 11.5 Å². The van der Waals surface area contributed by atoms with Crippen LogP contribution in [0.15, 0.2) is 24.3 Å². The van der Waals surface area contributed by atoms with Crippen molar-refractivity contribution in [3.8, 4) is 17.1 Å². The van der Waals surface area contributed by atoms with Crippen LogP contribution < -0.4 is 10.1 Å². The average molecular weight is 279 g/mol. The van der Waals surface area contributed by atoms with Crippen molar-refractivity contribution < 1.29 is 9.47 Å². The molecule has 0 spiro atoms. The van der Waals surface area contributed by atoms with E-state index in [0.717, 1.165) is 23.0 Å². The lowest BCUT2D eigenvalue weighted by Crippen LogP contribution is -2.06. The first-order valence-corrected chi connectivity index (χ1v) is 6.90. The number of rotatable bonds is 7. The molecule has 1 heterocycles. The second-order valence-corrected chi connectivity index (χ2v) is 4.56. The molecule has 19 heavy (non-hydrogen) atoms. The maximum atomic E-state index is 5.47. The molecule has 0 fully saturated rings. The number of benzene rings is 1. The van der Waals surface area contributed by atoms with E-state index in [2.05, 4.69) is 14.7 Å². The van der Waals surface area contributed by atoms with E-state index in [0.29, 0.717) is 19.0 Å². The highest BCUT2D eigenvalue weighted by atomic mass is 32.1. The molecule has 0 aliphatic heterocycles. The van der Waals surface area contributed by atoms with Crippen LogP contribution in [0.1, 0.15) is 6.92 Å². The van der Waals surface area contributed by atoms with Crippen molar-refractivity contribution >= 4 is 16.7 Å². The maximum Gasteiger partial charge on any atom is 0.202 e. The molecule has 0 bridgehead atoms. The zero-order chi connectivity index (χ0) is 13.5. The van der Waals surface area contributed by atoms with Gasteiger partial charge in [0, 0.05) is 30.8 Å². The van der Waals surface area contributed by atoms with Gasteiger partial charge in [-0.25, -0.2) is 0 Å². The molecule has 1 aromatic carbocycles. The van der Waals surface area contributed by atoms with Crippen LogP contribution in [0.3, 0.4) is 0 Å². The van der Waals surface area contributed by atoms with Gasteiger partial charge in [-0.05, 0) is 19.1 Å². The largest absolute Gasteiger partial charge is 0.494 e. The second kappa shape index (κ2) is 7.06. The molecule has 0 atom stereocenters. The third kappa shape index (κ3) is 3.90. The number of anilines is 1. The van der Waals surface area contributed by atoms with Gasteiger partial charge >= 0.3 is 0 Å². The molecule has 2 rings (SSSR count). The molecule has 1 aromatic heterocycles. The molecule has 0 amide bonds. The first kappa shape index (κ1) is 13.8. The van der Waals surface area contributed by atoms with Gasteiger partial charge in [-0.15, -0.1) is 0 Å². The first-order chi connectivity index (χ1) is 9.33. The highest BCUT2D eigenvalue weighted by Gasteiger charge is 2.07. The van der Waals surface area contributed by atoms with E-state index in [-0.39, 0.29) is 0 Å². The van der Waals surface area contributed by atoms with E-state index in [1.165, 1.54) is 11.5 Å². The summed E-state index contributed by atoms with van der Waals surface area (Å²) >= 11 is 1.35. The standard InChI is InChI=1S/C13H17N3O2S/c1-3-18-11-6-4-5-10(9-11)12-15-13(19-16-12)14-7-8-17-2/h4-6,9H,3,7-8H2,1-2H3,(H,14,15,16). The third-order valence-corrected chi connectivity index (χ3v) is 3.08. The summed E-state index contributed by atoms with van der Waals surface area (Å²) in [5, 5.41) is 3.96. The first-order valence-electron chi connectivity index (χ1n) is 6.13. The van der Waals surface area contributed by atoms with Crippen LogP contribution in [-0.2, 0) is 4.74 Å². The van der Waals surface area contributed by atoms with Gasteiger partial charge in [0.1, 0.15) is 5.75 Å². The van der Waals surface area contributed by atoms with Crippen molar-refractivity contribution in [1.29, 1.82) is 0 Å². The Labute approximate surface area is 116 Å². The fourth-order valence-corrected chi connectivity index (χ4v) is 2.18. The topological polar surface area (TPSA) is 56.3 Å². The minimum atomic E-state index is 0.648. The van der Waals surface area contributed by atoms with E-state index in [4.69, 9.17) is 9.47 Å². The molecule has 0 saturated heterocycles. The fraction of sp³-hybridized carbons (Fsp3) is 0.385. The summed E-state index contributed by atoms with van der Waals surface area (Å²) in [6, 6.07) is 7.80. The Bertz CT molecular complexity index is 516. The smallest absolute Gasteiger partial charge is 0.202 e. The predicted octanol–water partition coefficient (Wildman–Crippen LogP) is 2.66. The summed E-state index contributed by atoms with van der Waals surface area (Å²) in [5.41, 5.74) is 0.960. The number of aromatic nitrogens is 2. The predicted molar refractivity (Wildman–Crippen MR) is 76.9 cm³/mol. The van der Waals surface area contributed by atoms with Crippen LogP contribution in [0.5, 0.6) is 5.75 Å². The van der Waals surface area contributed by atoms with Gasteiger partial charge in [0.25, 0.3) is 0 Å². The van der Waals surface area contributed by atoms with Crippen molar-refractivity contribution in [1.82, 2.24) is 9.36 Å². The molecule has 0 saturated carbocycles. The van der Waals surface area contributed by atoms with Crippen LogP contribution in [0, 0.1) is 0 Å². The van der Waals surface area contributed by atoms with Gasteiger partial charge < -0.3 is 14.8 Å². The Hall–Kier alpha value is -1.66. The molecule has 102 valence electrons. The normalized spacial score (nSPS) is 10.4. The summed E-state index contributed by atoms with van der Waals surface area (Å²) in [7, 11) is 1.67. The Morgan fingerprint density at radius 3 is 3.05 bits per heavy atom. The number of nitrogens with zero attached hydrogens (tertiary/aromatic N) is 2. The van der Waals surface area contributed by atoms with Gasteiger partial charge in [-0.2, -0.15) is 9.36 Å². The van der Waals surface area contributed by atoms with Crippen molar-refractivity contribution in [2.75, 3.05) is 32.2 Å². The molecular formula is C13H17N3O2S. The fourth-order valence-electron chi connectivity index (χ4n) is 1.56. The number of hydrogen-bond acceptors (Lipinski definition) is 6. The van der Waals surface area contributed by atoms with E-state index in [1.54, 1.807) is 7.11 Å². The summed E-state index contributed by atoms with van der Waals surface area (Å²) in [6.45, 7) is 3.99. The SMILES string of the molecule is CCOc1cccc(-c2nsc(NCCOC)n2)c1. The molecule has 0 aliphatic rings. The summed E-state index contributed by atoms with van der Waals surface area (Å²) in [5.74, 6) is 1.55. The number of methoxy groups -OCH3 is 1. The maximum absolute atomic E-state index is 5.47. The van der Waals surface area contributed by atoms with Crippen LogP contribution in [-0.4, -0.2) is 36.2 Å². The highest BCUT2D eigenvalue weighted by Crippen LogP contribution is 2.24. The number of nitrogens with one attached hydrogen (secondary N) is 1. The van der Waals surface area contributed by atoms with Crippen molar-refractivity contribution in [3.05, 3.63) is 24.3 Å². The molecule has 6 heteroatoms. The zero-order valence-electron chi connectivity index (χ0n) is 11.0. The van der Waals surface area contributed by atoms with E-state index in [9.17, 15) is 0 Å². The Morgan fingerprint density at radius 1 is 1.37 bits per heavy atom. The Morgan fingerprint density at radius 2 is 2.26 bits per heavy atom. The monoisotopic (exact) mass is 279 g/mol. The van der Waals surface area contributed by atoms with Gasteiger partial charge in [0.15, 0.2) is 5.82 Å². The summed E-state index contributed by atoms with van der Waals surface area (Å²) in [4.78, 5) is 4.44. The minimum Gasteiger partial charge on any atom is -0.494 e. The lowest BCUT2D eigenvalue weighted by Gasteiger charge is -2.03. The average Bonchev–Trinajstić information content (AvgIpc) is 2.89. The van der Waals surface area contributed by atoms with Crippen LogP contribution in [0.4, 0.5) is 5.13 Å². The van der Waals surface area contributed by atoms with Gasteiger partial charge in [-0.3, -0.25) is 0 Å². The Balaban J connectivity index is 2.07. The molecule has 0 aliphatic carbocycles. The van der Waals surface area contributed by atoms with E-state index < -0.39 is 0 Å². The quantitative estimate of drug-likeness (QED) is 0.790. The lowest BCUT2D eigenvalue weighted by atomic mass is 10.2. The molecular weight excluding hydrogens is 262 g/mol. The van der Waals surface area contributed by atoms with Gasteiger partial charge in [0.2, 0.25) is 5.13 Å². The molecule has 1 N–H and O–H groups in total. The van der Waals surface area contributed by atoms with Crippen molar-refractivity contribution in [3.63, 3.8) is 0 Å². The molecule has 5 nitrogen and oxygen atoms in total. The van der Waals surface area contributed by atoms with Crippen LogP contribution in [0.2, 0.25) is 0 Å². The summed E-state index contributed by atoms with van der Waals surface area (Å²) in [6.07, 6.45) is 0. The van der Waals surface area contributed by atoms with E-state index >= 15 is 0 Å². The Kier molecular flexibility index (Phi) is 5.11. The number of hydrogen-bond donors (Lipinski definition) is 1. The van der Waals surface area contributed by atoms with Crippen LogP contribution in [0.25, 0.3) is 11.4 Å². The molecule has 0 radical (unpaired) electrons. The van der Waals surface area contributed by atoms with Gasteiger partial charge in [-0.1, -0.05) is 12.1 Å². The van der Waals surface area contributed by atoms with E-state index in [1.807, 2.05) is 31.2 Å². The summed E-state index contributed by atoms with van der Waals surface area (Å²) < 4.78 is 14.8. The minimum absolute atomic E-state index is 0.648. The molecule has 2 aromatic rings. The second-order valence-electron chi connectivity index (χ2n) is 3.80. The lowest BCUT2D eigenvalue weighted by molar-refractivity contribution is 0.211. The van der Waals surface area contributed by atoms with Crippen molar-refractivity contribution in [2.24, 2.45) is 0 Å². The highest BCUT2D eigenvalue weighted by molar-refractivity contribution is 7.09.